The van der Waals surface area contributed by atoms with E-state index in [0.29, 0.717) is 19.5 Å². The molecule has 0 aromatic heterocycles. The summed E-state index contributed by atoms with van der Waals surface area (Å²) in [5, 5.41) is 9.01. The third-order valence-electron chi connectivity index (χ3n) is 3.62. The summed E-state index contributed by atoms with van der Waals surface area (Å²) in [6.45, 7) is 1.88. The predicted octanol–water partition coefficient (Wildman–Crippen LogP) is 0.200. The predicted molar refractivity (Wildman–Crippen MR) is 64.1 cm³/mol. The maximum Gasteiger partial charge on any atom is 0.214 e. The Bertz CT molecular complexity index is 337. The smallest absolute Gasteiger partial charge is 0.214 e. The molecule has 2 saturated heterocycles. The molecule has 2 aliphatic heterocycles. The SMILES string of the molecule is O=S(=O)(CC[C@@H]1CCCO1)N1CC[C@H](CO)C1. The number of hydrogen-bond donors (Lipinski definition) is 1. The molecule has 0 aliphatic carbocycles. The molecule has 0 radical (unpaired) electrons. The lowest BCUT2D eigenvalue weighted by atomic mass is 10.1. The van der Waals surface area contributed by atoms with Gasteiger partial charge in [-0.05, 0) is 31.6 Å². The molecule has 0 amide bonds. The van der Waals surface area contributed by atoms with Crippen molar-refractivity contribution in [2.24, 2.45) is 5.92 Å². The maximum atomic E-state index is 12.0. The standard InChI is InChI=1S/C11H21NO4S/c13-9-10-3-5-12(8-10)17(14,15)7-4-11-2-1-6-16-11/h10-11,13H,1-9H2/t10-,11-/m0/s1. The first-order valence-electron chi connectivity index (χ1n) is 6.32. The highest BCUT2D eigenvalue weighted by Crippen LogP contribution is 2.21. The Morgan fingerprint density at radius 2 is 2.18 bits per heavy atom. The molecule has 0 unspecified atom stereocenters. The molecule has 0 spiro atoms. The van der Waals surface area contributed by atoms with Crippen LogP contribution in [0.5, 0.6) is 0 Å². The van der Waals surface area contributed by atoms with E-state index in [2.05, 4.69) is 0 Å². The molecule has 2 aliphatic rings. The third kappa shape index (κ3) is 3.40. The van der Waals surface area contributed by atoms with Gasteiger partial charge in [0.1, 0.15) is 0 Å². The van der Waals surface area contributed by atoms with Crippen molar-refractivity contribution in [3.8, 4) is 0 Å². The maximum absolute atomic E-state index is 12.0. The van der Waals surface area contributed by atoms with Gasteiger partial charge in [0.05, 0.1) is 11.9 Å². The Morgan fingerprint density at radius 1 is 1.35 bits per heavy atom. The summed E-state index contributed by atoms with van der Waals surface area (Å²) in [6, 6.07) is 0. The molecule has 2 atom stereocenters. The van der Waals surface area contributed by atoms with E-state index in [9.17, 15) is 8.42 Å². The van der Waals surface area contributed by atoms with Crippen molar-refractivity contribution in [2.45, 2.75) is 31.8 Å². The van der Waals surface area contributed by atoms with Gasteiger partial charge in [0.25, 0.3) is 0 Å². The van der Waals surface area contributed by atoms with Crippen molar-refractivity contribution in [2.75, 3.05) is 32.1 Å². The molecule has 5 nitrogen and oxygen atoms in total. The number of aliphatic hydroxyl groups is 1. The fraction of sp³-hybridized carbons (Fsp3) is 1.00. The summed E-state index contributed by atoms with van der Waals surface area (Å²) < 4.78 is 31.0. The number of aliphatic hydroxyl groups excluding tert-OH is 1. The van der Waals surface area contributed by atoms with Crippen LogP contribution in [0.2, 0.25) is 0 Å². The number of rotatable bonds is 5. The summed E-state index contributed by atoms with van der Waals surface area (Å²) in [5.41, 5.74) is 0. The van der Waals surface area contributed by atoms with Crippen molar-refractivity contribution in [3.05, 3.63) is 0 Å². The van der Waals surface area contributed by atoms with Crippen molar-refractivity contribution in [1.29, 1.82) is 0 Å². The lowest BCUT2D eigenvalue weighted by Gasteiger charge is -2.17. The molecule has 2 rings (SSSR count). The molecule has 2 heterocycles. The molecule has 1 N–H and O–H groups in total. The Labute approximate surface area is 103 Å². The largest absolute Gasteiger partial charge is 0.396 e. The minimum absolute atomic E-state index is 0.0811. The molecular formula is C11H21NO4S. The zero-order chi connectivity index (χ0) is 12.3. The van der Waals surface area contributed by atoms with Crippen LogP contribution in [0.4, 0.5) is 0 Å². The Balaban J connectivity index is 1.81. The van der Waals surface area contributed by atoms with Gasteiger partial charge in [0.2, 0.25) is 10.0 Å². The van der Waals surface area contributed by atoms with Gasteiger partial charge in [-0.1, -0.05) is 0 Å². The Hall–Kier alpha value is -0.170. The Kier molecular flexibility index (Phi) is 4.41. The van der Waals surface area contributed by atoms with Crippen LogP contribution >= 0.6 is 0 Å². The van der Waals surface area contributed by atoms with Crippen LogP contribution in [0.25, 0.3) is 0 Å². The number of ether oxygens (including phenoxy) is 1. The van der Waals surface area contributed by atoms with E-state index in [1.807, 2.05) is 0 Å². The average molecular weight is 263 g/mol. The van der Waals surface area contributed by atoms with Crippen molar-refractivity contribution >= 4 is 10.0 Å². The lowest BCUT2D eigenvalue weighted by molar-refractivity contribution is 0.108. The minimum Gasteiger partial charge on any atom is -0.396 e. The molecule has 2 fully saturated rings. The lowest BCUT2D eigenvalue weighted by Crippen LogP contribution is -2.32. The summed E-state index contributed by atoms with van der Waals surface area (Å²) in [6.07, 6.45) is 3.52. The molecular weight excluding hydrogens is 242 g/mol. The number of hydrogen-bond acceptors (Lipinski definition) is 4. The van der Waals surface area contributed by atoms with Crippen LogP contribution in [-0.2, 0) is 14.8 Å². The van der Waals surface area contributed by atoms with Crippen LogP contribution in [0.1, 0.15) is 25.7 Å². The van der Waals surface area contributed by atoms with Crippen LogP contribution in [0.3, 0.4) is 0 Å². The monoisotopic (exact) mass is 263 g/mol. The number of nitrogens with zero attached hydrogens (tertiary/aromatic N) is 1. The summed E-state index contributed by atoms with van der Waals surface area (Å²) in [5.74, 6) is 0.294. The van der Waals surface area contributed by atoms with E-state index in [1.54, 1.807) is 0 Å². The fourth-order valence-corrected chi connectivity index (χ4v) is 4.12. The molecule has 17 heavy (non-hydrogen) atoms. The highest BCUT2D eigenvalue weighted by atomic mass is 32.2. The summed E-state index contributed by atoms with van der Waals surface area (Å²) >= 11 is 0. The molecule has 0 saturated carbocycles. The average Bonchev–Trinajstić information content (AvgIpc) is 2.98. The molecule has 0 bridgehead atoms. The first kappa shape index (κ1) is 13.3. The van der Waals surface area contributed by atoms with Crippen molar-refractivity contribution < 1.29 is 18.3 Å². The molecule has 100 valence electrons. The van der Waals surface area contributed by atoms with Gasteiger partial charge >= 0.3 is 0 Å². The van der Waals surface area contributed by atoms with Gasteiger partial charge in [-0.25, -0.2) is 12.7 Å². The topological polar surface area (TPSA) is 66.8 Å². The second-order valence-electron chi connectivity index (χ2n) is 4.94. The highest BCUT2D eigenvalue weighted by Gasteiger charge is 2.31. The minimum atomic E-state index is -3.15. The Morgan fingerprint density at radius 3 is 2.76 bits per heavy atom. The van der Waals surface area contributed by atoms with Gasteiger partial charge in [0, 0.05) is 26.3 Å². The molecule has 0 aromatic carbocycles. The van der Waals surface area contributed by atoms with Gasteiger partial charge < -0.3 is 9.84 Å². The third-order valence-corrected chi connectivity index (χ3v) is 5.49. The van der Waals surface area contributed by atoms with Gasteiger partial charge in [-0.3, -0.25) is 0 Å². The van der Waals surface area contributed by atoms with Crippen molar-refractivity contribution in [3.63, 3.8) is 0 Å². The van der Waals surface area contributed by atoms with Crippen molar-refractivity contribution in [1.82, 2.24) is 4.31 Å². The van der Waals surface area contributed by atoms with E-state index in [0.717, 1.165) is 25.9 Å². The van der Waals surface area contributed by atoms with E-state index in [1.165, 1.54) is 4.31 Å². The summed E-state index contributed by atoms with van der Waals surface area (Å²) in [7, 11) is -3.15. The fourth-order valence-electron chi connectivity index (χ4n) is 2.48. The highest BCUT2D eigenvalue weighted by molar-refractivity contribution is 7.89. The van der Waals surface area contributed by atoms with Gasteiger partial charge in [0.15, 0.2) is 0 Å². The summed E-state index contributed by atoms with van der Waals surface area (Å²) in [4.78, 5) is 0. The van der Waals surface area contributed by atoms with Gasteiger partial charge in [-0.2, -0.15) is 0 Å². The van der Waals surface area contributed by atoms with E-state index < -0.39 is 10.0 Å². The second-order valence-corrected chi connectivity index (χ2v) is 7.02. The normalized spacial score (nSPS) is 31.1. The molecule has 6 heteroatoms. The zero-order valence-electron chi connectivity index (χ0n) is 10.0. The van der Waals surface area contributed by atoms with Gasteiger partial charge in [-0.15, -0.1) is 0 Å². The van der Waals surface area contributed by atoms with E-state index >= 15 is 0 Å². The van der Waals surface area contributed by atoms with Crippen LogP contribution in [0, 0.1) is 5.92 Å². The zero-order valence-corrected chi connectivity index (χ0v) is 10.9. The van der Waals surface area contributed by atoms with Crippen LogP contribution < -0.4 is 0 Å². The van der Waals surface area contributed by atoms with Crippen LogP contribution in [-0.4, -0.2) is 56.0 Å². The van der Waals surface area contributed by atoms with E-state index in [4.69, 9.17) is 9.84 Å². The first-order chi connectivity index (χ1) is 8.12. The number of sulfonamides is 1. The van der Waals surface area contributed by atoms with Crippen LogP contribution in [0.15, 0.2) is 0 Å². The molecule has 0 aromatic rings. The quantitative estimate of drug-likeness (QED) is 0.769. The second kappa shape index (κ2) is 5.65. The first-order valence-corrected chi connectivity index (χ1v) is 7.93. The van der Waals surface area contributed by atoms with E-state index in [-0.39, 0.29) is 24.4 Å².